The van der Waals surface area contributed by atoms with Crippen molar-refractivity contribution >= 4 is 5.91 Å². The van der Waals surface area contributed by atoms with Crippen molar-refractivity contribution in [2.75, 3.05) is 6.54 Å². The van der Waals surface area contributed by atoms with E-state index in [0.717, 1.165) is 44.2 Å². The van der Waals surface area contributed by atoms with E-state index in [1.165, 1.54) is 6.07 Å². The molecule has 2 aliphatic rings. The van der Waals surface area contributed by atoms with Crippen LogP contribution >= 0.6 is 0 Å². The van der Waals surface area contributed by atoms with Crippen LogP contribution in [-0.2, 0) is 6.42 Å². The Kier molecular flexibility index (Phi) is 3.88. The molecule has 24 heavy (non-hydrogen) atoms. The highest BCUT2D eigenvalue weighted by atomic mass is 16.2. The van der Waals surface area contributed by atoms with E-state index in [1.807, 2.05) is 23.2 Å². The summed E-state index contributed by atoms with van der Waals surface area (Å²) in [6.45, 7) is 0.719. The smallest absolute Gasteiger partial charge is 0.272 e. The summed E-state index contributed by atoms with van der Waals surface area (Å²) < 4.78 is 0. The van der Waals surface area contributed by atoms with Crippen LogP contribution in [0.25, 0.3) is 0 Å². The molecule has 2 aromatic rings. The predicted octanol–water partition coefficient (Wildman–Crippen LogP) is 1.89. The number of amides is 1. The molecule has 1 N–H and O–H groups in total. The molecule has 0 spiro atoms. The van der Waals surface area contributed by atoms with Gasteiger partial charge in [-0.3, -0.25) is 14.6 Å². The molecule has 1 aliphatic carbocycles. The second-order valence-electron chi connectivity index (χ2n) is 6.65. The molecule has 0 aromatic carbocycles. The molecule has 0 radical (unpaired) electrons. The van der Waals surface area contributed by atoms with Crippen molar-refractivity contribution in [3.8, 4) is 0 Å². The van der Waals surface area contributed by atoms with E-state index in [4.69, 9.17) is 0 Å². The molecule has 1 amide bonds. The number of H-pyrrole nitrogens is 1. The number of nitrogens with zero attached hydrogens (tertiary/aromatic N) is 3. The van der Waals surface area contributed by atoms with Gasteiger partial charge >= 0.3 is 0 Å². The van der Waals surface area contributed by atoms with Crippen molar-refractivity contribution < 1.29 is 4.79 Å². The average molecular weight is 324 g/mol. The lowest BCUT2D eigenvalue weighted by molar-refractivity contribution is 0.0729. The fourth-order valence-corrected chi connectivity index (χ4v) is 3.39. The molecular weight excluding hydrogens is 304 g/mol. The lowest BCUT2D eigenvalue weighted by atomic mass is 10.1. The summed E-state index contributed by atoms with van der Waals surface area (Å²) in [6, 6.07) is 5.42. The minimum Gasteiger partial charge on any atom is -0.334 e. The maximum absolute atomic E-state index is 12.9. The third-order valence-corrected chi connectivity index (χ3v) is 4.78. The summed E-state index contributed by atoms with van der Waals surface area (Å²) in [6.07, 6.45) is 8.41. The predicted molar refractivity (Wildman–Crippen MR) is 88.8 cm³/mol. The van der Waals surface area contributed by atoms with Gasteiger partial charge < -0.3 is 9.88 Å². The standard InChI is InChI=1S/C18H20N4O2/c23-16-10-15(20-17(21-16)13-5-6-13)18(24)22-8-2-4-14(22)9-12-3-1-7-19-11-12/h1,3,7,10-11,13-14H,2,4-6,8-9H2,(H,20,21,23). The molecule has 4 rings (SSSR count). The first kappa shape index (κ1) is 15.1. The average Bonchev–Trinajstić information content (AvgIpc) is 3.35. The summed E-state index contributed by atoms with van der Waals surface area (Å²) in [7, 11) is 0. The van der Waals surface area contributed by atoms with Crippen molar-refractivity contribution in [2.24, 2.45) is 0 Å². The number of aromatic amines is 1. The summed E-state index contributed by atoms with van der Waals surface area (Å²) in [5.41, 5.74) is 1.16. The van der Waals surface area contributed by atoms with Crippen LogP contribution in [0.2, 0.25) is 0 Å². The van der Waals surface area contributed by atoms with Crippen LogP contribution < -0.4 is 5.56 Å². The molecule has 1 unspecified atom stereocenters. The molecule has 6 heteroatoms. The number of nitrogens with one attached hydrogen (secondary N) is 1. The zero-order valence-electron chi connectivity index (χ0n) is 13.4. The zero-order valence-corrected chi connectivity index (χ0v) is 13.4. The second kappa shape index (κ2) is 6.19. The van der Waals surface area contributed by atoms with Gasteiger partial charge in [-0.15, -0.1) is 0 Å². The molecule has 1 aliphatic heterocycles. The Morgan fingerprint density at radius 3 is 2.96 bits per heavy atom. The fourth-order valence-electron chi connectivity index (χ4n) is 3.39. The van der Waals surface area contributed by atoms with Gasteiger partial charge in [0.1, 0.15) is 11.5 Å². The normalized spacial score (nSPS) is 20.3. The highest BCUT2D eigenvalue weighted by molar-refractivity contribution is 5.92. The van der Waals surface area contributed by atoms with Crippen molar-refractivity contribution in [3.63, 3.8) is 0 Å². The van der Waals surface area contributed by atoms with Gasteiger partial charge in [0.15, 0.2) is 0 Å². The Morgan fingerprint density at radius 2 is 2.21 bits per heavy atom. The molecule has 1 atom stereocenters. The number of pyridine rings is 1. The fraction of sp³-hybridized carbons (Fsp3) is 0.444. The van der Waals surface area contributed by atoms with Crippen molar-refractivity contribution in [1.82, 2.24) is 19.9 Å². The van der Waals surface area contributed by atoms with E-state index >= 15 is 0 Å². The maximum atomic E-state index is 12.9. The number of rotatable bonds is 4. The van der Waals surface area contributed by atoms with E-state index in [0.29, 0.717) is 11.7 Å². The molecule has 1 saturated carbocycles. The molecule has 1 saturated heterocycles. The first-order valence-electron chi connectivity index (χ1n) is 8.52. The molecule has 124 valence electrons. The van der Waals surface area contributed by atoms with Gasteiger partial charge in [0.05, 0.1) is 0 Å². The highest BCUT2D eigenvalue weighted by Gasteiger charge is 2.32. The highest BCUT2D eigenvalue weighted by Crippen LogP contribution is 2.37. The lowest BCUT2D eigenvalue weighted by Gasteiger charge is -2.24. The first-order chi connectivity index (χ1) is 11.7. The second-order valence-corrected chi connectivity index (χ2v) is 6.65. The lowest BCUT2D eigenvalue weighted by Crippen LogP contribution is -2.38. The number of aromatic nitrogens is 3. The van der Waals surface area contributed by atoms with Crippen LogP contribution in [0, 0.1) is 0 Å². The topological polar surface area (TPSA) is 79.0 Å². The van der Waals surface area contributed by atoms with Crippen molar-refractivity contribution in [2.45, 2.75) is 44.1 Å². The van der Waals surface area contributed by atoms with Crippen LogP contribution in [0.5, 0.6) is 0 Å². The molecule has 3 heterocycles. The Balaban J connectivity index is 1.55. The van der Waals surface area contributed by atoms with Crippen LogP contribution in [0.15, 0.2) is 35.4 Å². The monoisotopic (exact) mass is 324 g/mol. The van der Waals surface area contributed by atoms with Crippen molar-refractivity contribution in [3.05, 3.63) is 58.0 Å². The maximum Gasteiger partial charge on any atom is 0.272 e. The number of hydrogen-bond donors (Lipinski definition) is 1. The van der Waals surface area contributed by atoms with Gasteiger partial charge in [-0.25, -0.2) is 4.98 Å². The van der Waals surface area contributed by atoms with Gasteiger partial charge in [0.2, 0.25) is 0 Å². The summed E-state index contributed by atoms with van der Waals surface area (Å²) in [4.78, 5) is 37.9. The van der Waals surface area contributed by atoms with Crippen molar-refractivity contribution in [1.29, 1.82) is 0 Å². The molecular formula is C18H20N4O2. The minimum atomic E-state index is -0.238. The minimum absolute atomic E-state index is 0.130. The Bertz CT molecular complexity index is 798. The summed E-state index contributed by atoms with van der Waals surface area (Å²) in [5.74, 6) is 0.846. The number of likely N-dealkylation sites (tertiary alicyclic amines) is 1. The van der Waals surface area contributed by atoms with Gasteiger partial charge in [-0.1, -0.05) is 6.07 Å². The van der Waals surface area contributed by atoms with Crippen LogP contribution in [0.1, 0.15) is 53.5 Å². The molecule has 2 fully saturated rings. The third kappa shape index (κ3) is 3.09. The Morgan fingerprint density at radius 1 is 1.33 bits per heavy atom. The number of hydrogen-bond acceptors (Lipinski definition) is 4. The van der Waals surface area contributed by atoms with E-state index in [9.17, 15) is 9.59 Å². The van der Waals surface area contributed by atoms with E-state index in [-0.39, 0.29) is 23.2 Å². The van der Waals surface area contributed by atoms with Gasteiger partial charge in [0, 0.05) is 37.0 Å². The molecule has 2 aromatic heterocycles. The van der Waals surface area contributed by atoms with Gasteiger partial charge in [-0.05, 0) is 43.7 Å². The zero-order chi connectivity index (χ0) is 16.5. The van der Waals surface area contributed by atoms with Crippen LogP contribution in [0.3, 0.4) is 0 Å². The largest absolute Gasteiger partial charge is 0.334 e. The number of carbonyl (C=O) groups excluding carboxylic acids is 1. The molecule has 0 bridgehead atoms. The van der Waals surface area contributed by atoms with Gasteiger partial charge in [0.25, 0.3) is 11.5 Å². The van der Waals surface area contributed by atoms with E-state index < -0.39 is 0 Å². The Hall–Kier alpha value is -2.50. The van der Waals surface area contributed by atoms with Crippen LogP contribution in [0.4, 0.5) is 0 Å². The molecule has 6 nitrogen and oxygen atoms in total. The first-order valence-corrected chi connectivity index (χ1v) is 8.52. The summed E-state index contributed by atoms with van der Waals surface area (Å²) >= 11 is 0. The van der Waals surface area contributed by atoms with Crippen LogP contribution in [-0.4, -0.2) is 38.3 Å². The summed E-state index contributed by atoms with van der Waals surface area (Å²) in [5, 5.41) is 0. The Labute approximate surface area is 140 Å². The SMILES string of the molecule is O=C(c1cc(=O)[nH]c(C2CC2)n1)N1CCCC1Cc1cccnc1. The third-order valence-electron chi connectivity index (χ3n) is 4.78. The van der Waals surface area contributed by atoms with E-state index in [1.54, 1.807) is 6.20 Å². The number of carbonyl (C=O) groups is 1. The quantitative estimate of drug-likeness (QED) is 0.931. The van der Waals surface area contributed by atoms with E-state index in [2.05, 4.69) is 15.0 Å². The van der Waals surface area contributed by atoms with Gasteiger partial charge in [-0.2, -0.15) is 0 Å².